The van der Waals surface area contributed by atoms with E-state index in [-0.39, 0.29) is 0 Å². The predicted octanol–water partition coefficient (Wildman–Crippen LogP) is 2.83. The number of carboxylic acids is 1. The monoisotopic (exact) mass is 358 g/mol. The quantitative estimate of drug-likeness (QED) is 0.733. The van der Waals surface area contributed by atoms with Gasteiger partial charge in [0.25, 0.3) is 0 Å². The maximum atomic E-state index is 13.5. The van der Waals surface area contributed by atoms with Crippen molar-refractivity contribution in [3.05, 3.63) is 0 Å². The summed E-state index contributed by atoms with van der Waals surface area (Å²) in [5.74, 6) is -23.5. The first-order valence-electron chi connectivity index (χ1n) is 4.57. The SMILES string of the molecule is O=C(O)C1(F)OC(F)(C(F)(F)F)C(F)(F)OC1(F)C(F)(F)F. The van der Waals surface area contributed by atoms with E-state index in [0.29, 0.717) is 0 Å². The van der Waals surface area contributed by atoms with Gasteiger partial charge in [0, 0.05) is 0 Å². The molecule has 1 heterocycles. The zero-order valence-electron chi connectivity index (χ0n) is 9.33. The van der Waals surface area contributed by atoms with E-state index in [4.69, 9.17) is 5.11 Å². The highest BCUT2D eigenvalue weighted by atomic mass is 19.4. The van der Waals surface area contributed by atoms with Gasteiger partial charge in [-0.1, -0.05) is 0 Å². The lowest BCUT2D eigenvalue weighted by Gasteiger charge is -2.48. The van der Waals surface area contributed by atoms with Crippen LogP contribution < -0.4 is 0 Å². The summed E-state index contributed by atoms with van der Waals surface area (Å²) in [5, 5.41) is 8.07. The summed E-state index contributed by atoms with van der Waals surface area (Å²) in [6, 6.07) is 0. The topological polar surface area (TPSA) is 55.8 Å². The first-order valence-corrected chi connectivity index (χ1v) is 4.57. The van der Waals surface area contributed by atoms with Crippen molar-refractivity contribution in [2.24, 2.45) is 0 Å². The standard InChI is InChI=1S/C7HF11O4/c8-2(1(19)20)3(9,5(11,12)13)22-7(17,18)4(10,21-2)6(14,15)16/h(H,19,20). The van der Waals surface area contributed by atoms with Crippen molar-refractivity contribution < 1.29 is 67.7 Å². The molecule has 0 aromatic heterocycles. The van der Waals surface area contributed by atoms with E-state index in [1.54, 1.807) is 0 Å². The largest absolute Gasteiger partial charge is 0.477 e. The molecule has 1 aliphatic heterocycles. The molecule has 15 heteroatoms. The van der Waals surface area contributed by atoms with Crippen LogP contribution in [0.25, 0.3) is 0 Å². The van der Waals surface area contributed by atoms with Crippen molar-refractivity contribution in [1.82, 2.24) is 0 Å². The summed E-state index contributed by atoms with van der Waals surface area (Å²) in [6.45, 7) is 0. The normalized spacial score (nSPS) is 39.6. The number of hydrogen-bond acceptors (Lipinski definition) is 3. The van der Waals surface area contributed by atoms with Crippen molar-refractivity contribution in [3.8, 4) is 0 Å². The molecular weight excluding hydrogens is 357 g/mol. The van der Waals surface area contributed by atoms with Crippen LogP contribution in [0, 0.1) is 0 Å². The fourth-order valence-electron chi connectivity index (χ4n) is 1.27. The zero-order valence-corrected chi connectivity index (χ0v) is 9.33. The van der Waals surface area contributed by atoms with Crippen LogP contribution in [0.15, 0.2) is 0 Å². The Morgan fingerprint density at radius 1 is 0.773 bits per heavy atom. The minimum absolute atomic E-state index is 1.94. The summed E-state index contributed by atoms with van der Waals surface area (Å²) in [6.07, 6.45) is -20.7. The van der Waals surface area contributed by atoms with Gasteiger partial charge in [-0.25, -0.2) is 4.79 Å². The van der Waals surface area contributed by atoms with E-state index in [9.17, 15) is 53.1 Å². The number of carbonyl (C=O) groups is 1. The molecule has 0 aromatic rings. The summed E-state index contributed by atoms with van der Waals surface area (Å²) in [4.78, 5) is 10.3. The highest BCUT2D eigenvalue weighted by Crippen LogP contribution is 2.60. The van der Waals surface area contributed by atoms with E-state index >= 15 is 0 Å². The minimum atomic E-state index is -6.98. The summed E-state index contributed by atoms with van der Waals surface area (Å²) in [5.41, 5.74) is 0. The number of ether oxygens (including phenoxy) is 2. The maximum absolute atomic E-state index is 13.5. The van der Waals surface area contributed by atoms with Crippen LogP contribution in [-0.2, 0) is 14.3 Å². The number of carboxylic acid groups (broad SMARTS) is 1. The molecule has 3 atom stereocenters. The maximum Gasteiger partial charge on any atom is 0.458 e. The first kappa shape index (κ1) is 18.7. The van der Waals surface area contributed by atoms with Gasteiger partial charge >= 0.3 is 42.0 Å². The predicted molar refractivity (Wildman–Crippen MR) is 38.4 cm³/mol. The molecule has 0 spiro atoms. The lowest BCUT2D eigenvalue weighted by molar-refractivity contribution is -0.590. The number of aliphatic carboxylic acids is 1. The second kappa shape index (κ2) is 4.33. The average molecular weight is 358 g/mol. The van der Waals surface area contributed by atoms with E-state index in [1.165, 1.54) is 0 Å². The molecule has 0 saturated carbocycles. The molecule has 1 aliphatic rings. The van der Waals surface area contributed by atoms with Gasteiger partial charge in [0.1, 0.15) is 0 Å². The third-order valence-corrected chi connectivity index (χ3v) is 2.34. The Morgan fingerprint density at radius 3 is 1.41 bits per heavy atom. The molecule has 1 saturated heterocycles. The molecule has 0 amide bonds. The Labute approximate surface area is 111 Å². The number of hydrogen-bond donors (Lipinski definition) is 1. The molecule has 1 rings (SSSR count). The highest BCUT2D eigenvalue weighted by Gasteiger charge is 2.91. The molecule has 3 unspecified atom stereocenters. The second-order valence-corrected chi connectivity index (χ2v) is 3.81. The minimum Gasteiger partial charge on any atom is -0.477 e. The molecule has 0 aliphatic carbocycles. The van der Waals surface area contributed by atoms with Crippen molar-refractivity contribution in [2.45, 2.75) is 36.0 Å². The van der Waals surface area contributed by atoms with Crippen LogP contribution in [0.5, 0.6) is 0 Å². The van der Waals surface area contributed by atoms with Crippen LogP contribution in [0.1, 0.15) is 0 Å². The van der Waals surface area contributed by atoms with Crippen LogP contribution >= 0.6 is 0 Å². The fourth-order valence-corrected chi connectivity index (χ4v) is 1.27. The van der Waals surface area contributed by atoms with Crippen LogP contribution in [0.3, 0.4) is 0 Å². The number of rotatable bonds is 1. The van der Waals surface area contributed by atoms with Gasteiger partial charge in [0.15, 0.2) is 0 Å². The van der Waals surface area contributed by atoms with E-state index in [0.717, 1.165) is 0 Å². The Morgan fingerprint density at radius 2 is 1.14 bits per heavy atom. The fraction of sp³-hybridized carbons (Fsp3) is 0.857. The Kier molecular flexibility index (Phi) is 3.68. The van der Waals surface area contributed by atoms with Crippen LogP contribution in [0.4, 0.5) is 48.3 Å². The molecule has 22 heavy (non-hydrogen) atoms. The van der Waals surface area contributed by atoms with Crippen molar-refractivity contribution >= 4 is 5.97 Å². The van der Waals surface area contributed by atoms with Gasteiger partial charge in [-0.15, -0.1) is 0 Å². The van der Waals surface area contributed by atoms with Gasteiger partial charge in [-0.3, -0.25) is 9.47 Å². The van der Waals surface area contributed by atoms with Gasteiger partial charge in [-0.2, -0.15) is 48.3 Å². The summed E-state index contributed by atoms with van der Waals surface area (Å²) < 4.78 is 143. The van der Waals surface area contributed by atoms with Crippen molar-refractivity contribution in [3.63, 3.8) is 0 Å². The molecule has 130 valence electrons. The number of alkyl halides is 11. The Hall–Kier alpha value is -1.38. The highest BCUT2D eigenvalue weighted by molar-refractivity contribution is 5.77. The van der Waals surface area contributed by atoms with Gasteiger partial charge in [0.05, 0.1) is 0 Å². The summed E-state index contributed by atoms with van der Waals surface area (Å²) in [7, 11) is 0. The molecule has 0 bridgehead atoms. The average Bonchev–Trinajstić information content (AvgIpc) is 2.22. The van der Waals surface area contributed by atoms with E-state index in [1.807, 2.05) is 4.74 Å². The van der Waals surface area contributed by atoms with Gasteiger partial charge < -0.3 is 5.11 Å². The lowest BCUT2D eigenvalue weighted by Crippen LogP contribution is -2.78. The smallest absolute Gasteiger partial charge is 0.458 e. The van der Waals surface area contributed by atoms with Crippen molar-refractivity contribution in [1.29, 1.82) is 0 Å². The van der Waals surface area contributed by atoms with Crippen LogP contribution in [-0.4, -0.2) is 47.1 Å². The molecule has 1 N–H and O–H groups in total. The van der Waals surface area contributed by atoms with E-state index in [2.05, 4.69) is 4.74 Å². The van der Waals surface area contributed by atoms with Gasteiger partial charge in [0.2, 0.25) is 0 Å². The van der Waals surface area contributed by atoms with Crippen molar-refractivity contribution in [2.75, 3.05) is 0 Å². The Balaban J connectivity index is 3.64. The van der Waals surface area contributed by atoms with Gasteiger partial charge in [-0.05, 0) is 0 Å². The Bertz CT molecular complexity index is 486. The second-order valence-electron chi connectivity index (χ2n) is 3.81. The molecule has 1 fully saturated rings. The lowest BCUT2D eigenvalue weighted by atomic mass is 10.0. The molecule has 4 nitrogen and oxygen atoms in total. The van der Waals surface area contributed by atoms with Crippen LogP contribution in [0.2, 0.25) is 0 Å². The summed E-state index contributed by atoms with van der Waals surface area (Å²) >= 11 is 0. The third kappa shape index (κ3) is 2.09. The first-order chi connectivity index (χ1) is 9.36. The van der Waals surface area contributed by atoms with E-state index < -0.39 is 42.0 Å². The zero-order chi connectivity index (χ0) is 18.0. The molecule has 0 radical (unpaired) electrons. The molecular formula is C7HF11O4. The molecule has 0 aromatic carbocycles. The number of halogens is 11. The third-order valence-electron chi connectivity index (χ3n) is 2.34.